The first kappa shape index (κ1) is 21.4. The number of carbonyl (C=O) groups is 1. The summed E-state index contributed by atoms with van der Waals surface area (Å²) in [5, 5.41) is 0. The molecule has 0 radical (unpaired) electrons. The quantitative estimate of drug-likeness (QED) is 0.560. The molecule has 0 N–H and O–H groups in total. The fourth-order valence-electron chi connectivity index (χ4n) is 3.41. The first-order chi connectivity index (χ1) is 13.6. The Labute approximate surface area is 181 Å². The van der Waals surface area contributed by atoms with E-state index in [1.165, 1.54) is 0 Å². The number of thiophene rings is 1. The number of hydrogen-bond acceptors (Lipinski definition) is 4. The molecule has 0 unspecified atom stereocenters. The summed E-state index contributed by atoms with van der Waals surface area (Å²) in [6.45, 7) is 2.11. The Morgan fingerprint density at radius 2 is 1.97 bits per heavy atom. The zero-order chi connectivity index (χ0) is 19.5. The molecular weight excluding hydrogens is 404 g/mol. The van der Waals surface area contributed by atoms with Gasteiger partial charge in [0.25, 0.3) is 5.91 Å². The number of furan rings is 1. The van der Waals surface area contributed by atoms with Crippen LogP contribution in [0.15, 0.2) is 52.9 Å². The third-order valence-corrected chi connectivity index (χ3v) is 5.79. The largest absolute Gasteiger partial charge is 0.464 e. The van der Waals surface area contributed by atoms with Crippen LogP contribution in [0.1, 0.15) is 37.2 Å². The monoisotopic (exact) mass is 428 g/mol. The standard InChI is InChI=1S/C23H24N2O2S.ClH/c1-24(2)16-19-14-18-15-25(13-12-21(18)27-19)23(26)22-11-10-20(28-22)9-8-17-6-4-3-5-7-17;/h3-11,14H,12-13,15-16H2,1-2H3;1H/b9-8+;. The normalized spacial score (nSPS) is 13.6. The van der Waals surface area contributed by atoms with E-state index in [9.17, 15) is 4.79 Å². The molecule has 1 aromatic carbocycles. The second-order valence-electron chi connectivity index (χ2n) is 7.32. The van der Waals surface area contributed by atoms with Gasteiger partial charge in [-0.3, -0.25) is 4.79 Å². The van der Waals surface area contributed by atoms with Crippen LogP contribution >= 0.6 is 23.7 Å². The first-order valence-electron chi connectivity index (χ1n) is 9.46. The molecule has 0 bridgehead atoms. The Balaban J connectivity index is 0.00000240. The van der Waals surface area contributed by atoms with Crippen molar-refractivity contribution >= 4 is 41.8 Å². The maximum atomic E-state index is 13.0. The summed E-state index contributed by atoms with van der Waals surface area (Å²) in [7, 11) is 4.05. The zero-order valence-corrected chi connectivity index (χ0v) is 18.3. The third-order valence-electron chi connectivity index (χ3n) is 4.75. The average Bonchev–Trinajstić information content (AvgIpc) is 3.32. The highest BCUT2D eigenvalue weighted by molar-refractivity contribution is 7.14. The molecule has 0 fully saturated rings. The van der Waals surface area contributed by atoms with E-state index in [0.29, 0.717) is 13.1 Å². The molecule has 152 valence electrons. The van der Waals surface area contributed by atoms with Gasteiger partial charge in [0.2, 0.25) is 0 Å². The summed E-state index contributed by atoms with van der Waals surface area (Å²) in [6, 6.07) is 16.2. The predicted octanol–water partition coefficient (Wildman–Crippen LogP) is 5.19. The van der Waals surface area contributed by atoms with Gasteiger partial charge in [-0.1, -0.05) is 36.4 Å². The summed E-state index contributed by atoms with van der Waals surface area (Å²) in [5.41, 5.74) is 2.29. The molecule has 0 atom stereocenters. The first-order valence-corrected chi connectivity index (χ1v) is 10.3. The summed E-state index contributed by atoms with van der Waals surface area (Å²) < 4.78 is 5.94. The van der Waals surface area contributed by atoms with Crippen molar-refractivity contribution in [2.45, 2.75) is 19.5 Å². The Bertz CT molecular complexity index is 991. The highest BCUT2D eigenvalue weighted by Gasteiger charge is 2.25. The van der Waals surface area contributed by atoms with Gasteiger partial charge in [-0.05, 0) is 43.9 Å². The Morgan fingerprint density at radius 1 is 1.17 bits per heavy atom. The predicted molar refractivity (Wildman–Crippen MR) is 121 cm³/mol. The molecule has 4 nitrogen and oxygen atoms in total. The van der Waals surface area contributed by atoms with Crippen LogP contribution in [0.2, 0.25) is 0 Å². The van der Waals surface area contributed by atoms with Crippen molar-refractivity contribution in [2.75, 3.05) is 20.6 Å². The van der Waals surface area contributed by atoms with E-state index in [1.54, 1.807) is 11.3 Å². The lowest BCUT2D eigenvalue weighted by Gasteiger charge is -2.25. The molecule has 3 heterocycles. The number of halogens is 1. The molecule has 0 aliphatic carbocycles. The maximum absolute atomic E-state index is 13.0. The summed E-state index contributed by atoms with van der Waals surface area (Å²) >= 11 is 1.54. The minimum Gasteiger partial charge on any atom is -0.464 e. The van der Waals surface area contributed by atoms with Crippen LogP contribution in [0.25, 0.3) is 12.2 Å². The minimum absolute atomic E-state index is 0. The van der Waals surface area contributed by atoms with Gasteiger partial charge < -0.3 is 14.2 Å². The van der Waals surface area contributed by atoms with Crippen LogP contribution in [0.5, 0.6) is 0 Å². The van der Waals surface area contributed by atoms with Gasteiger partial charge in [-0.15, -0.1) is 23.7 Å². The van der Waals surface area contributed by atoms with Crippen LogP contribution in [0.3, 0.4) is 0 Å². The van der Waals surface area contributed by atoms with Crippen LogP contribution in [0.4, 0.5) is 0 Å². The molecule has 2 aromatic heterocycles. The van der Waals surface area contributed by atoms with E-state index >= 15 is 0 Å². The van der Waals surface area contributed by atoms with Crippen molar-refractivity contribution < 1.29 is 9.21 Å². The van der Waals surface area contributed by atoms with E-state index in [4.69, 9.17) is 4.42 Å². The van der Waals surface area contributed by atoms with E-state index < -0.39 is 0 Å². The molecule has 0 saturated heterocycles. The maximum Gasteiger partial charge on any atom is 0.264 e. The molecule has 0 saturated carbocycles. The van der Waals surface area contributed by atoms with Gasteiger partial charge in [0.15, 0.2) is 0 Å². The number of hydrogen-bond donors (Lipinski definition) is 0. The zero-order valence-electron chi connectivity index (χ0n) is 16.6. The number of amides is 1. The SMILES string of the molecule is CN(C)Cc1cc2c(o1)CCN(C(=O)c1ccc(/C=C/c3ccccc3)s1)C2.Cl. The molecule has 29 heavy (non-hydrogen) atoms. The number of benzene rings is 1. The second-order valence-corrected chi connectivity index (χ2v) is 8.44. The van der Waals surface area contributed by atoms with Crippen molar-refractivity contribution in [3.8, 4) is 0 Å². The average molecular weight is 429 g/mol. The highest BCUT2D eigenvalue weighted by atomic mass is 35.5. The van der Waals surface area contributed by atoms with E-state index in [1.807, 2.05) is 49.3 Å². The van der Waals surface area contributed by atoms with Crippen molar-refractivity contribution in [1.82, 2.24) is 9.80 Å². The Kier molecular flexibility index (Phi) is 6.96. The van der Waals surface area contributed by atoms with Crippen LogP contribution in [0, 0.1) is 0 Å². The lowest BCUT2D eigenvalue weighted by molar-refractivity contribution is 0.0734. The minimum atomic E-state index is 0. The van der Waals surface area contributed by atoms with E-state index in [0.717, 1.165) is 45.4 Å². The molecule has 1 aliphatic rings. The molecule has 1 aliphatic heterocycles. The topological polar surface area (TPSA) is 36.7 Å². The van der Waals surface area contributed by atoms with Crippen LogP contribution in [-0.4, -0.2) is 36.3 Å². The Morgan fingerprint density at radius 3 is 2.72 bits per heavy atom. The van der Waals surface area contributed by atoms with Crippen molar-refractivity contribution in [3.05, 3.63) is 80.9 Å². The summed E-state index contributed by atoms with van der Waals surface area (Å²) in [4.78, 5) is 18.8. The lowest BCUT2D eigenvalue weighted by atomic mass is 10.1. The summed E-state index contributed by atoms with van der Waals surface area (Å²) in [6.07, 6.45) is 4.92. The Hall–Kier alpha value is -2.34. The van der Waals surface area contributed by atoms with Crippen molar-refractivity contribution in [2.24, 2.45) is 0 Å². The molecule has 0 spiro atoms. The van der Waals surface area contributed by atoms with Crippen molar-refractivity contribution in [1.29, 1.82) is 0 Å². The van der Waals surface area contributed by atoms with Crippen molar-refractivity contribution in [3.63, 3.8) is 0 Å². The van der Waals surface area contributed by atoms with Gasteiger partial charge in [0.05, 0.1) is 11.4 Å². The molecule has 6 heteroatoms. The van der Waals surface area contributed by atoms with Gasteiger partial charge >= 0.3 is 0 Å². The molecule has 4 rings (SSSR count). The van der Waals surface area contributed by atoms with Gasteiger partial charge in [0, 0.05) is 30.0 Å². The number of fused-ring (bicyclic) bond motifs is 1. The van der Waals surface area contributed by atoms with Gasteiger partial charge in [0.1, 0.15) is 11.5 Å². The van der Waals surface area contributed by atoms with E-state index in [-0.39, 0.29) is 18.3 Å². The number of nitrogens with zero attached hydrogens (tertiary/aromatic N) is 2. The smallest absolute Gasteiger partial charge is 0.264 e. The van der Waals surface area contributed by atoms with Crippen LogP contribution < -0.4 is 0 Å². The lowest BCUT2D eigenvalue weighted by Crippen LogP contribution is -2.35. The summed E-state index contributed by atoms with van der Waals surface area (Å²) in [5.74, 6) is 2.10. The molecule has 1 amide bonds. The fraction of sp³-hybridized carbons (Fsp3) is 0.261. The van der Waals surface area contributed by atoms with Crippen LogP contribution in [-0.2, 0) is 19.5 Å². The number of rotatable bonds is 5. The van der Waals surface area contributed by atoms with E-state index in [2.05, 4.69) is 35.3 Å². The second kappa shape index (κ2) is 9.44. The third kappa shape index (κ3) is 5.18. The molecule has 3 aromatic rings. The fourth-order valence-corrected chi connectivity index (χ4v) is 4.29. The number of carbonyl (C=O) groups excluding carboxylic acids is 1. The molecular formula is C23H25ClN2O2S. The van der Waals surface area contributed by atoms with Gasteiger partial charge in [-0.25, -0.2) is 0 Å². The highest BCUT2D eigenvalue weighted by Crippen LogP contribution is 2.27. The van der Waals surface area contributed by atoms with Gasteiger partial charge in [-0.2, -0.15) is 0 Å².